The monoisotopic (exact) mass is 521 g/mol. The Balaban J connectivity index is 1.59. The molecular formula is C22H19N9O7. The fraction of sp³-hybridized carbons (Fsp3) is 0.0909. The summed E-state index contributed by atoms with van der Waals surface area (Å²) in [4.78, 5) is 33.3. The van der Waals surface area contributed by atoms with Gasteiger partial charge in [-0.1, -0.05) is 0 Å². The van der Waals surface area contributed by atoms with Crippen molar-refractivity contribution >= 4 is 41.1 Å². The molecule has 16 heteroatoms. The molecule has 0 unspecified atom stereocenters. The largest absolute Gasteiger partial charge is 0.502 e. The first-order valence-corrected chi connectivity index (χ1v) is 10.7. The molecule has 0 bridgehead atoms. The van der Waals surface area contributed by atoms with E-state index in [1.54, 1.807) is 43.5 Å². The zero-order valence-corrected chi connectivity index (χ0v) is 19.6. The van der Waals surface area contributed by atoms with Crippen LogP contribution in [0.15, 0.2) is 64.3 Å². The lowest BCUT2D eigenvalue weighted by atomic mass is 10.1. The number of nitrogens with one attached hydrogen (secondary N) is 3. The van der Waals surface area contributed by atoms with Crippen LogP contribution >= 0.6 is 0 Å². The molecule has 4 rings (SSSR count). The molecule has 0 radical (unpaired) electrons. The molecule has 2 aromatic carbocycles. The van der Waals surface area contributed by atoms with Crippen LogP contribution in [0.25, 0.3) is 0 Å². The van der Waals surface area contributed by atoms with Gasteiger partial charge in [-0.2, -0.15) is 20.1 Å². The second kappa shape index (κ2) is 11.3. The summed E-state index contributed by atoms with van der Waals surface area (Å²) in [7, 11) is 1.55. The molecule has 2 heterocycles. The summed E-state index contributed by atoms with van der Waals surface area (Å²) in [5, 5.41) is 42.3. The van der Waals surface area contributed by atoms with Crippen LogP contribution in [0.1, 0.15) is 11.3 Å². The number of furan rings is 1. The molecule has 0 fully saturated rings. The van der Waals surface area contributed by atoms with E-state index in [1.807, 2.05) is 0 Å². The number of nitro benzene ring substituents is 2. The summed E-state index contributed by atoms with van der Waals surface area (Å²) in [6.45, 7) is 0.271. The Morgan fingerprint density at radius 3 is 2.45 bits per heavy atom. The topological polar surface area (TPSA) is 216 Å². The maximum Gasteiger partial charge on any atom is 0.318 e. The summed E-state index contributed by atoms with van der Waals surface area (Å²) < 4.78 is 10.4. The number of rotatable bonds is 11. The number of hydrogen-bond acceptors (Lipinski definition) is 14. The minimum absolute atomic E-state index is 0.0476. The third-order valence-corrected chi connectivity index (χ3v) is 4.86. The number of anilines is 4. The Bertz CT molecular complexity index is 1480. The number of aromatic hydroxyl groups is 1. The van der Waals surface area contributed by atoms with Crippen molar-refractivity contribution in [3.63, 3.8) is 0 Å². The van der Waals surface area contributed by atoms with Crippen molar-refractivity contribution in [3.8, 4) is 11.5 Å². The number of benzene rings is 2. The summed E-state index contributed by atoms with van der Waals surface area (Å²) in [6.07, 6.45) is 2.49. The molecule has 0 aliphatic rings. The van der Waals surface area contributed by atoms with Crippen LogP contribution in [0.5, 0.6) is 11.5 Å². The summed E-state index contributed by atoms with van der Waals surface area (Å²) in [6, 6.07) is 12.1. The highest BCUT2D eigenvalue weighted by molar-refractivity contribution is 5.87. The minimum atomic E-state index is -0.937. The predicted molar refractivity (Wildman–Crippen MR) is 135 cm³/mol. The molecule has 0 aliphatic carbocycles. The van der Waals surface area contributed by atoms with Crippen molar-refractivity contribution in [1.29, 1.82) is 0 Å². The van der Waals surface area contributed by atoms with Crippen LogP contribution in [0, 0.1) is 20.2 Å². The molecule has 4 N–H and O–H groups in total. The maximum absolute atomic E-state index is 11.2. The van der Waals surface area contributed by atoms with Crippen LogP contribution in [0.3, 0.4) is 0 Å². The number of methoxy groups -OCH3 is 1. The zero-order chi connectivity index (χ0) is 27.1. The van der Waals surface area contributed by atoms with Crippen molar-refractivity contribution in [3.05, 3.63) is 86.3 Å². The van der Waals surface area contributed by atoms with E-state index in [4.69, 9.17) is 9.15 Å². The number of ether oxygens (including phenoxy) is 1. The molecule has 16 nitrogen and oxygen atoms in total. The summed E-state index contributed by atoms with van der Waals surface area (Å²) in [5.41, 5.74) is 1.49. The summed E-state index contributed by atoms with van der Waals surface area (Å²) in [5.74, 6) is 0.745. The van der Waals surface area contributed by atoms with Crippen molar-refractivity contribution in [2.24, 2.45) is 5.10 Å². The molecule has 0 atom stereocenters. The normalized spacial score (nSPS) is 10.8. The highest BCUT2D eigenvalue weighted by atomic mass is 16.6. The number of nitrogens with zero attached hydrogens (tertiary/aromatic N) is 6. The highest BCUT2D eigenvalue weighted by Crippen LogP contribution is 2.33. The lowest BCUT2D eigenvalue weighted by molar-refractivity contribution is -0.394. The van der Waals surface area contributed by atoms with Gasteiger partial charge in [-0.15, -0.1) is 0 Å². The second-order valence-electron chi connectivity index (χ2n) is 7.38. The number of phenolic OH excluding ortho intramolecular Hbond substituents is 1. The van der Waals surface area contributed by atoms with Crippen LogP contribution < -0.4 is 20.8 Å². The molecule has 0 saturated carbocycles. The van der Waals surface area contributed by atoms with Gasteiger partial charge in [0.2, 0.25) is 23.6 Å². The van der Waals surface area contributed by atoms with Crippen molar-refractivity contribution in [1.82, 2.24) is 15.0 Å². The molecule has 0 saturated heterocycles. The third-order valence-electron chi connectivity index (χ3n) is 4.86. The number of phenols is 1. The number of aromatic nitrogens is 3. The van der Waals surface area contributed by atoms with E-state index in [0.717, 1.165) is 12.3 Å². The lowest BCUT2D eigenvalue weighted by Crippen LogP contribution is -2.09. The highest BCUT2D eigenvalue weighted by Gasteiger charge is 2.23. The smallest absolute Gasteiger partial charge is 0.318 e. The van der Waals surface area contributed by atoms with E-state index in [0.29, 0.717) is 23.3 Å². The summed E-state index contributed by atoms with van der Waals surface area (Å²) >= 11 is 0. The van der Waals surface area contributed by atoms with E-state index in [2.05, 4.69) is 36.1 Å². The Morgan fingerprint density at radius 1 is 1.05 bits per heavy atom. The van der Waals surface area contributed by atoms with Crippen LogP contribution in [0.4, 0.5) is 34.9 Å². The van der Waals surface area contributed by atoms with E-state index < -0.39 is 27.0 Å². The first-order valence-electron chi connectivity index (χ1n) is 10.7. The van der Waals surface area contributed by atoms with Crippen molar-refractivity contribution in [2.75, 3.05) is 23.2 Å². The van der Waals surface area contributed by atoms with Gasteiger partial charge < -0.3 is 24.9 Å². The second-order valence-corrected chi connectivity index (χ2v) is 7.38. The van der Waals surface area contributed by atoms with Crippen molar-refractivity contribution in [2.45, 2.75) is 6.54 Å². The van der Waals surface area contributed by atoms with Crippen molar-refractivity contribution < 1.29 is 24.1 Å². The zero-order valence-electron chi connectivity index (χ0n) is 19.6. The fourth-order valence-electron chi connectivity index (χ4n) is 3.07. The van der Waals surface area contributed by atoms with Gasteiger partial charge in [0.1, 0.15) is 11.5 Å². The quantitative estimate of drug-likeness (QED) is 0.126. The van der Waals surface area contributed by atoms with E-state index in [1.165, 1.54) is 6.26 Å². The maximum atomic E-state index is 11.2. The fourth-order valence-corrected chi connectivity index (χ4v) is 3.07. The number of hydrazone groups is 1. The van der Waals surface area contributed by atoms with E-state index in [9.17, 15) is 25.3 Å². The van der Waals surface area contributed by atoms with Gasteiger partial charge in [0.15, 0.2) is 0 Å². The van der Waals surface area contributed by atoms with Gasteiger partial charge in [0, 0.05) is 11.8 Å². The van der Waals surface area contributed by atoms with Gasteiger partial charge in [0.25, 0.3) is 5.69 Å². The van der Waals surface area contributed by atoms with Gasteiger partial charge >= 0.3 is 5.69 Å². The van der Waals surface area contributed by atoms with Gasteiger partial charge in [-0.25, -0.2) is 5.43 Å². The first-order chi connectivity index (χ1) is 18.3. The molecule has 4 aromatic rings. The number of nitro groups is 2. The molecule has 38 heavy (non-hydrogen) atoms. The van der Waals surface area contributed by atoms with Gasteiger partial charge in [-0.3, -0.25) is 20.2 Å². The van der Waals surface area contributed by atoms with Crippen LogP contribution in [-0.4, -0.2) is 43.2 Å². The molecule has 194 valence electrons. The Hall–Kier alpha value is -5.80. The standard InChI is InChI=1S/C22H19N9O7/c1-37-16-6-4-14(5-7-16)25-21-26-20(23-12-17-3-2-8-38-17)27-22(28-21)29-24-11-13-9-15(30(33)34)10-18(19(13)32)31(35)36/h2-11,32H,12H2,1H3,(H3,23,25,26,27,28,29)/b24-11+. The molecule has 0 aliphatic heterocycles. The molecule has 0 amide bonds. The van der Waals surface area contributed by atoms with E-state index in [-0.39, 0.29) is 30.0 Å². The van der Waals surface area contributed by atoms with Gasteiger partial charge in [-0.05, 0) is 36.4 Å². The average Bonchev–Trinajstić information content (AvgIpc) is 3.42. The van der Waals surface area contributed by atoms with Crippen LogP contribution in [0.2, 0.25) is 0 Å². The Kier molecular flexibility index (Phi) is 7.52. The lowest BCUT2D eigenvalue weighted by Gasteiger charge is -2.10. The van der Waals surface area contributed by atoms with Gasteiger partial charge in [0.05, 0.1) is 47.6 Å². The molecular weight excluding hydrogens is 502 g/mol. The Morgan fingerprint density at radius 2 is 1.79 bits per heavy atom. The Labute approximate surface area is 213 Å². The number of hydrogen-bond donors (Lipinski definition) is 4. The minimum Gasteiger partial charge on any atom is -0.502 e. The first kappa shape index (κ1) is 25.3. The van der Waals surface area contributed by atoms with Crippen LogP contribution in [-0.2, 0) is 6.54 Å². The predicted octanol–water partition coefficient (Wildman–Crippen LogP) is 3.80. The molecule has 2 aromatic heterocycles. The third kappa shape index (κ3) is 6.25. The number of non-ortho nitro benzene ring substituents is 1. The molecule has 0 spiro atoms. The SMILES string of the molecule is COc1ccc(Nc2nc(NCc3ccco3)nc(N/N=C/c3cc([N+](=O)[O-])cc([N+](=O)[O-])c3O)n2)cc1. The van der Waals surface area contributed by atoms with E-state index >= 15 is 0 Å². The average molecular weight is 521 g/mol.